The predicted molar refractivity (Wildman–Crippen MR) is 129 cm³/mol. The Hall–Kier alpha value is -2.09. The molecule has 3 rings (SSSR count). The highest BCUT2D eigenvalue weighted by molar-refractivity contribution is 14.0. The maximum Gasteiger partial charge on any atom is 0.191 e. The summed E-state index contributed by atoms with van der Waals surface area (Å²) in [4.78, 5) is 12.2. The first-order valence-corrected chi connectivity index (χ1v) is 9.66. The van der Waals surface area contributed by atoms with E-state index in [-0.39, 0.29) is 24.0 Å². The Balaban J connectivity index is 0.00000280. The molecule has 150 valence electrons. The fraction of sp³-hybridized carbons (Fsp3) is 0.364. The summed E-state index contributed by atoms with van der Waals surface area (Å²) >= 11 is 0. The van der Waals surface area contributed by atoms with Gasteiger partial charge < -0.3 is 15.6 Å². The summed E-state index contributed by atoms with van der Waals surface area (Å²) in [5.74, 6) is 0.876. The number of fused-ring (bicyclic) bond motifs is 1. The predicted octanol–water partition coefficient (Wildman–Crippen LogP) is 4.14. The quantitative estimate of drug-likeness (QED) is 0.265. The summed E-state index contributed by atoms with van der Waals surface area (Å²) in [6, 6.07) is 8.47. The van der Waals surface area contributed by atoms with Crippen LogP contribution in [-0.2, 0) is 12.8 Å². The molecule has 0 unspecified atom stereocenters. The van der Waals surface area contributed by atoms with Gasteiger partial charge in [0.05, 0.1) is 0 Å². The Morgan fingerprint density at radius 1 is 1.07 bits per heavy atom. The molecule has 0 aliphatic rings. The molecule has 28 heavy (non-hydrogen) atoms. The van der Waals surface area contributed by atoms with Gasteiger partial charge in [0.2, 0.25) is 0 Å². The molecular formula is C22H30IN5. The van der Waals surface area contributed by atoms with Gasteiger partial charge in [-0.05, 0) is 68.0 Å². The summed E-state index contributed by atoms with van der Waals surface area (Å²) in [6.07, 6.45) is 7.76. The van der Waals surface area contributed by atoms with Gasteiger partial charge in [0, 0.05) is 49.1 Å². The van der Waals surface area contributed by atoms with Crippen LogP contribution in [0.1, 0.15) is 29.2 Å². The summed E-state index contributed by atoms with van der Waals surface area (Å²) in [6.45, 7) is 8.81. The third-order valence-corrected chi connectivity index (χ3v) is 4.81. The number of nitrogens with one attached hydrogen (secondary N) is 3. The van der Waals surface area contributed by atoms with E-state index < -0.39 is 0 Å². The van der Waals surface area contributed by atoms with Crippen molar-refractivity contribution in [2.45, 2.75) is 33.6 Å². The van der Waals surface area contributed by atoms with Crippen LogP contribution >= 0.6 is 24.0 Å². The molecule has 0 atom stereocenters. The monoisotopic (exact) mass is 491 g/mol. The zero-order valence-corrected chi connectivity index (χ0v) is 19.2. The van der Waals surface area contributed by atoms with Crippen molar-refractivity contribution in [3.63, 3.8) is 0 Å². The second kappa shape index (κ2) is 11.0. The standard InChI is InChI=1S/C22H29N5.HI/c1-4-24-22(25-12-9-18-8-11-23-14-17(18)3)26-13-10-19-15-27-20-7-5-6-16(2)21(19)20;/h5-8,11,14-15,27H,4,9-10,12-13H2,1-3H3,(H2,24,25,26);1H. The first-order valence-electron chi connectivity index (χ1n) is 9.66. The van der Waals surface area contributed by atoms with Crippen molar-refractivity contribution in [1.82, 2.24) is 20.6 Å². The number of benzene rings is 1. The molecule has 2 aromatic heterocycles. The van der Waals surface area contributed by atoms with E-state index >= 15 is 0 Å². The van der Waals surface area contributed by atoms with Gasteiger partial charge in [0.25, 0.3) is 0 Å². The lowest BCUT2D eigenvalue weighted by atomic mass is 10.1. The number of aliphatic imine (C=N–C) groups is 1. The molecule has 2 heterocycles. The molecule has 0 aliphatic carbocycles. The summed E-state index contributed by atoms with van der Waals surface area (Å²) in [7, 11) is 0. The molecule has 1 aromatic carbocycles. The molecule has 0 fully saturated rings. The molecular weight excluding hydrogens is 461 g/mol. The fourth-order valence-corrected chi connectivity index (χ4v) is 3.38. The van der Waals surface area contributed by atoms with Crippen molar-refractivity contribution in [2.24, 2.45) is 4.99 Å². The Bertz CT molecular complexity index is 916. The molecule has 0 saturated carbocycles. The Kier molecular flexibility index (Phi) is 8.76. The number of aryl methyl sites for hydroxylation is 2. The molecule has 0 spiro atoms. The van der Waals surface area contributed by atoms with E-state index in [1.54, 1.807) is 0 Å². The van der Waals surface area contributed by atoms with E-state index in [1.165, 1.54) is 33.2 Å². The minimum absolute atomic E-state index is 0. The molecule has 6 heteroatoms. The van der Waals surface area contributed by atoms with Crippen LogP contribution in [0.3, 0.4) is 0 Å². The van der Waals surface area contributed by atoms with E-state index in [0.29, 0.717) is 0 Å². The number of H-pyrrole nitrogens is 1. The molecule has 0 amide bonds. The average molecular weight is 491 g/mol. The topological polar surface area (TPSA) is 65.1 Å². The van der Waals surface area contributed by atoms with Crippen LogP contribution in [0.5, 0.6) is 0 Å². The fourth-order valence-electron chi connectivity index (χ4n) is 3.38. The molecule has 0 radical (unpaired) electrons. The first kappa shape index (κ1) is 22.2. The highest BCUT2D eigenvalue weighted by Gasteiger charge is 2.06. The number of hydrogen-bond donors (Lipinski definition) is 3. The van der Waals surface area contributed by atoms with Crippen LogP contribution < -0.4 is 10.6 Å². The summed E-state index contributed by atoms with van der Waals surface area (Å²) in [5.41, 5.74) is 6.40. The second-order valence-corrected chi connectivity index (χ2v) is 6.80. The average Bonchev–Trinajstić information content (AvgIpc) is 3.08. The van der Waals surface area contributed by atoms with Gasteiger partial charge in [-0.2, -0.15) is 0 Å². The van der Waals surface area contributed by atoms with E-state index in [2.05, 4.69) is 71.8 Å². The number of hydrogen-bond acceptors (Lipinski definition) is 2. The van der Waals surface area contributed by atoms with Crippen LogP contribution in [-0.4, -0.2) is 35.6 Å². The molecule has 3 aromatic rings. The zero-order valence-electron chi connectivity index (χ0n) is 16.9. The van der Waals surface area contributed by atoms with Gasteiger partial charge in [-0.25, -0.2) is 0 Å². The van der Waals surface area contributed by atoms with Gasteiger partial charge >= 0.3 is 0 Å². The van der Waals surface area contributed by atoms with E-state index in [1.807, 2.05) is 12.4 Å². The SMILES string of the molecule is CCNC(=NCCc1ccncc1C)NCCc1c[nH]c2cccc(C)c12.I. The molecule has 0 bridgehead atoms. The molecule has 5 nitrogen and oxygen atoms in total. The van der Waals surface area contributed by atoms with E-state index in [0.717, 1.165) is 38.4 Å². The van der Waals surface area contributed by atoms with Crippen LogP contribution in [0.4, 0.5) is 0 Å². The lowest BCUT2D eigenvalue weighted by molar-refractivity contribution is 0.798. The maximum atomic E-state index is 4.71. The Morgan fingerprint density at radius 2 is 1.93 bits per heavy atom. The van der Waals surface area contributed by atoms with Crippen LogP contribution in [0.2, 0.25) is 0 Å². The van der Waals surface area contributed by atoms with Crippen molar-refractivity contribution in [3.8, 4) is 0 Å². The number of pyridine rings is 1. The molecule has 0 saturated heterocycles. The third kappa shape index (κ3) is 5.70. The number of nitrogens with zero attached hydrogens (tertiary/aromatic N) is 2. The molecule has 0 aliphatic heterocycles. The minimum Gasteiger partial charge on any atom is -0.361 e. The highest BCUT2D eigenvalue weighted by atomic mass is 127. The second-order valence-electron chi connectivity index (χ2n) is 6.80. The lowest BCUT2D eigenvalue weighted by Gasteiger charge is -2.11. The first-order chi connectivity index (χ1) is 13.2. The van der Waals surface area contributed by atoms with Crippen molar-refractivity contribution >= 4 is 40.8 Å². The lowest BCUT2D eigenvalue weighted by Crippen LogP contribution is -2.38. The number of aromatic amines is 1. The van der Waals surface area contributed by atoms with Gasteiger partial charge in [0.1, 0.15) is 0 Å². The maximum absolute atomic E-state index is 4.71. The Labute approximate surface area is 184 Å². The Morgan fingerprint density at radius 3 is 2.71 bits per heavy atom. The number of halogens is 1. The highest BCUT2D eigenvalue weighted by Crippen LogP contribution is 2.22. The van der Waals surface area contributed by atoms with Crippen molar-refractivity contribution in [2.75, 3.05) is 19.6 Å². The van der Waals surface area contributed by atoms with Crippen molar-refractivity contribution in [3.05, 3.63) is 65.1 Å². The van der Waals surface area contributed by atoms with Gasteiger partial charge in [-0.15, -0.1) is 24.0 Å². The van der Waals surface area contributed by atoms with Crippen LogP contribution in [0, 0.1) is 13.8 Å². The zero-order chi connectivity index (χ0) is 19.1. The van der Waals surface area contributed by atoms with Gasteiger partial charge in [-0.1, -0.05) is 12.1 Å². The van der Waals surface area contributed by atoms with E-state index in [4.69, 9.17) is 4.99 Å². The largest absolute Gasteiger partial charge is 0.361 e. The van der Waals surface area contributed by atoms with Gasteiger partial charge in [-0.3, -0.25) is 9.98 Å². The summed E-state index contributed by atoms with van der Waals surface area (Å²) < 4.78 is 0. The normalized spacial score (nSPS) is 11.3. The number of aromatic nitrogens is 2. The van der Waals surface area contributed by atoms with E-state index in [9.17, 15) is 0 Å². The third-order valence-electron chi connectivity index (χ3n) is 4.81. The van der Waals surface area contributed by atoms with Gasteiger partial charge in [0.15, 0.2) is 5.96 Å². The van der Waals surface area contributed by atoms with Crippen molar-refractivity contribution in [1.29, 1.82) is 0 Å². The smallest absolute Gasteiger partial charge is 0.191 e. The molecule has 3 N–H and O–H groups in total. The number of guanidine groups is 1. The minimum atomic E-state index is 0. The van der Waals surface area contributed by atoms with Crippen LogP contribution in [0.15, 0.2) is 47.8 Å². The number of rotatable bonds is 7. The van der Waals surface area contributed by atoms with Crippen molar-refractivity contribution < 1.29 is 0 Å². The van der Waals surface area contributed by atoms with Crippen LogP contribution in [0.25, 0.3) is 10.9 Å². The summed E-state index contributed by atoms with van der Waals surface area (Å²) in [5, 5.41) is 8.13.